The molecule has 1 saturated carbocycles. The van der Waals surface area contributed by atoms with Crippen molar-refractivity contribution in [3.05, 3.63) is 0 Å². The van der Waals surface area contributed by atoms with Crippen LogP contribution < -0.4 is 0 Å². The number of unbranched alkanes of at least 4 members (excludes halogenated alkanes) is 7. The smallest absolute Gasteiger partial charge is 0.309 e. The van der Waals surface area contributed by atoms with Crippen molar-refractivity contribution in [3.63, 3.8) is 0 Å². The first kappa shape index (κ1) is 25.0. The molecule has 28 heavy (non-hydrogen) atoms. The molecule has 0 amide bonds. The van der Waals surface area contributed by atoms with Crippen LogP contribution in [0.15, 0.2) is 0 Å². The molecule has 0 N–H and O–H groups in total. The zero-order valence-corrected chi connectivity index (χ0v) is 18.8. The lowest BCUT2D eigenvalue weighted by atomic mass is 9.82. The molecule has 0 bridgehead atoms. The lowest BCUT2D eigenvalue weighted by Crippen LogP contribution is -2.29. The van der Waals surface area contributed by atoms with Crippen LogP contribution in [0.3, 0.4) is 0 Å². The summed E-state index contributed by atoms with van der Waals surface area (Å²) < 4.78 is 10.7. The standard InChI is InChI=1S/C24H44O4/c1-19(2)13-11-9-7-5-6-8-10-12-18-27-23(25)21-14-16-22(17-15-21)24(26)28-20(3)4/h19-22H,5-18H2,1-4H3. The highest BCUT2D eigenvalue weighted by molar-refractivity contribution is 5.75. The molecule has 1 aliphatic carbocycles. The quantitative estimate of drug-likeness (QED) is 0.250. The van der Waals surface area contributed by atoms with Crippen LogP contribution in [0.4, 0.5) is 0 Å². The Kier molecular flexibility index (Phi) is 13.3. The zero-order chi connectivity index (χ0) is 20.8. The summed E-state index contributed by atoms with van der Waals surface area (Å²) in [4.78, 5) is 24.1. The molecular weight excluding hydrogens is 352 g/mol. The first-order valence-corrected chi connectivity index (χ1v) is 11.8. The summed E-state index contributed by atoms with van der Waals surface area (Å²) in [7, 11) is 0. The third kappa shape index (κ3) is 11.7. The number of rotatable bonds is 14. The van der Waals surface area contributed by atoms with Crippen molar-refractivity contribution in [2.24, 2.45) is 17.8 Å². The topological polar surface area (TPSA) is 52.6 Å². The van der Waals surface area contributed by atoms with Gasteiger partial charge in [-0.25, -0.2) is 0 Å². The molecule has 164 valence electrons. The van der Waals surface area contributed by atoms with Gasteiger partial charge in [-0.3, -0.25) is 9.59 Å². The van der Waals surface area contributed by atoms with E-state index in [0.717, 1.165) is 44.4 Å². The SMILES string of the molecule is CC(C)CCCCCCCCCCOC(=O)C1CCC(C(=O)OC(C)C)CC1. The Balaban J connectivity index is 1.97. The highest BCUT2D eigenvalue weighted by atomic mass is 16.5. The van der Waals surface area contributed by atoms with Crippen molar-refractivity contribution in [1.82, 2.24) is 0 Å². The zero-order valence-electron chi connectivity index (χ0n) is 18.8. The van der Waals surface area contributed by atoms with Crippen molar-refractivity contribution >= 4 is 11.9 Å². The van der Waals surface area contributed by atoms with Crippen molar-refractivity contribution in [3.8, 4) is 0 Å². The van der Waals surface area contributed by atoms with Gasteiger partial charge in [0.2, 0.25) is 0 Å². The number of carbonyl (C=O) groups excluding carboxylic acids is 2. The van der Waals surface area contributed by atoms with Crippen LogP contribution >= 0.6 is 0 Å². The maximum Gasteiger partial charge on any atom is 0.309 e. The molecule has 0 radical (unpaired) electrons. The summed E-state index contributed by atoms with van der Waals surface area (Å²) in [5.41, 5.74) is 0. The molecule has 1 fully saturated rings. The van der Waals surface area contributed by atoms with E-state index in [1.54, 1.807) is 0 Å². The molecule has 0 aromatic rings. The van der Waals surface area contributed by atoms with Gasteiger partial charge in [0.1, 0.15) is 0 Å². The first-order valence-electron chi connectivity index (χ1n) is 11.8. The van der Waals surface area contributed by atoms with Crippen molar-refractivity contribution < 1.29 is 19.1 Å². The van der Waals surface area contributed by atoms with Crippen LogP contribution in [0.5, 0.6) is 0 Å². The molecule has 1 rings (SSSR count). The Morgan fingerprint density at radius 1 is 0.714 bits per heavy atom. The van der Waals surface area contributed by atoms with Gasteiger partial charge < -0.3 is 9.47 Å². The molecule has 0 saturated heterocycles. The highest BCUT2D eigenvalue weighted by Gasteiger charge is 2.31. The Bertz CT molecular complexity index is 422. The Hall–Kier alpha value is -1.06. The normalized spacial score (nSPS) is 19.8. The molecule has 0 atom stereocenters. The summed E-state index contributed by atoms with van der Waals surface area (Å²) in [6, 6.07) is 0. The first-order chi connectivity index (χ1) is 13.4. The van der Waals surface area contributed by atoms with Crippen molar-refractivity contribution in [2.75, 3.05) is 6.61 Å². The van der Waals surface area contributed by atoms with E-state index >= 15 is 0 Å². The average Bonchev–Trinajstić information content (AvgIpc) is 2.65. The lowest BCUT2D eigenvalue weighted by molar-refractivity contribution is -0.157. The Morgan fingerprint density at radius 2 is 1.18 bits per heavy atom. The summed E-state index contributed by atoms with van der Waals surface area (Å²) in [6.45, 7) is 8.87. The van der Waals surface area contributed by atoms with Crippen LogP contribution in [0, 0.1) is 17.8 Å². The van der Waals surface area contributed by atoms with E-state index in [2.05, 4.69) is 13.8 Å². The number of esters is 2. The van der Waals surface area contributed by atoms with Gasteiger partial charge in [0.15, 0.2) is 0 Å². The number of ether oxygens (including phenoxy) is 2. The van der Waals surface area contributed by atoms with Gasteiger partial charge in [-0.15, -0.1) is 0 Å². The largest absolute Gasteiger partial charge is 0.465 e. The molecular formula is C24H44O4. The molecule has 0 aliphatic heterocycles. The fraction of sp³-hybridized carbons (Fsp3) is 0.917. The van der Waals surface area contributed by atoms with Gasteiger partial charge in [0, 0.05) is 0 Å². The van der Waals surface area contributed by atoms with E-state index < -0.39 is 0 Å². The molecule has 0 spiro atoms. The minimum Gasteiger partial charge on any atom is -0.465 e. The second-order valence-corrected chi connectivity index (χ2v) is 9.21. The van der Waals surface area contributed by atoms with E-state index in [-0.39, 0.29) is 29.9 Å². The molecule has 0 aromatic heterocycles. The van der Waals surface area contributed by atoms with E-state index in [1.807, 2.05) is 13.8 Å². The molecule has 4 heteroatoms. The number of carbonyl (C=O) groups is 2. The maximum atomic E-state index is 12.2. The predicted octanol–water partition coefficient (Wildman–Crippen LogP) is 6.45. The Morgan fingerprint density at radius 3 is 1.68 bits per heavy atom. The van der Waals surface area contributed by atoms with Crippen LogP contribution in [0.25, 0.3) is 0 Å². The van der Waals surface area contributed by atoms with Crippen LogP contribution in [0.1, 0.15) is 111 Å². The molecule has 0 unspecified atom stereocenters. The van der Waals surface area contributed by atoms with E-state index in [4.69, 9.17) is 9.47 Å². The van der Waals surface area contributed by atoms with E-state index in [0.29, 0.717) is 6.61 Å². The fourth-order valence-electron chi connectivity index (χ4n) is 3.90. The molecule has 4 nitrogen and oxygen atoms in total. The van der Waals surface area contributed by atoms with Gasteiger partial charge in [-0.1, -0.05) is 65.2 Å². The summed E-state index contributed by atoms with van der Waals surface area (Å²) in [6.07, 6.45) is 14.3. The van der Waals surface area contributed by atoms with Crippen molar-refractivity contribution in [1.29, 1.82) is 0 Å². The number of hydrogen-bond donors (Lipinski definition) is 0. The predicted molar refractivity (Wildman–Crippen MR) is 114 cm³/mol. The average molecular weight is 397 g/mol. The summed E-state index contributed by atoms with van der Waals surface area (Å²) >= 11 is 0. The van der Waals surface area contributed by atoms with Crippen molar-refractivity contribution in [2.45, 2.75) is 117 Å². The summed E-state index contributed by atoms with van der Waals surface area (Å²) in [5, 5.41) is 0. The lowest BCUT2D eigenvalue weighted by Gasteiger charge is -2.26. The maximum absolute atomic E-state index is 12.2. The minimum atomic E-state index is -0.110. The monoisotopic (exact) mass is 396 g/mol. The summed E-state index contributed by atoms with van der Waals surface area (Å²) in [5.74, 6) is 0.576. The van der Waals surface area contributed by atoms with Crippen LogP contribution in [-0.2, 0) is 19.1 Å². The van der Waals surface area contributed by atoms with Gasteiger partial charge >= 0.3 is 11.9 Å². The minimum absolute atomic E-state index is 0.0334. The van der Waals surface area contributed by atoms with E-state index in [1.165, 1.54) is 44.9 Å². The van der Waals surface area contributed by atoms with E-state index in [9.17, 15) is 9.59 Å². The van der Waals surface area contributed by atoms with Gasteiger partial charge in [-0.05, 0) is 51.9 Å². The fourth-order valence-corrected chi connectivity index (χ4v) is 3.90. The second kappa shape index (κ2) is 14.9. The third-order valence-corrected chi connectivity index (χ3v) is 5.67. The second-order valence-electron chi connectivity index (χ2n) is 9.21. The van der Waals surface area contributed by atoms with Gasteiger partial charge in [0.05, 0.1) is 24.5 Å². The van der Waals surface area contributed by atoms with Gasteiger partial charge in [-0.2, -0.15) is 0 Å². The highest BCUT2D eigenvalue weighted by Crippen LogP contribution is 2.30. The Labute approximate surface area is 173 Å². The molecule has 0 heterocycles. The molecule has 1 aliphatic rings. The number of hydrogen-bond acceptors (Lipinski definition) is 4. The van der Waals surface area contributed by atoms with Crippen LogP contribution in [0.2, 0.25) is 0 Å². The van der Waals surface area contributed by atoms with Crippen LogP contribution in [-0.4, -0.2) is 24.6 Å². The van der Waals surface area contributed by atoms with Gasteiger partial charge in [0.25, 0.3) is 0 Å². The molecule has 0 aromatic carbocycles. The third-order valence-electron chi connectivity index (χ3n) is 5.67.